The Hall–Kier alpha value is -3.41. The van der Waals surface area contributed by atoms with Crippen molar-refractivity contribution in [2.24, 2.45) is 19.1 Å². The Labute approximate surface area is 215 Å². The topological polar surface area (TPSA) is 127 Å². The van der Waals surface area contributed by atoms with E-state index in [0.29, 0.717) is 49.0 Å². The van der Waals surface area contributed by atoms with E-state index in [4.69, 9.17) is 14.7 Å². The Balaban J connectivity index is 1.71. The Morgan fingerprint density at radius 2 is 1.89 bits per heavy atom. The van der Waals surface area contributed by atoms with Gasteiger partial charge in [0.1, 0.15) is 18.5 Å². The number of fused-ring (bicyclic) bond motifs is 1. The molecular weight excluding hydrogens is 478 g/mol. The summed E-state index contributed by atoms with van der Waals surface area (Å²) in [4.78, 5) is 51.5. The van der Waals surface area contributed by atoms with Gasteiger partial charge in [-0.1, -0.05) is 11.6 Å². The van der Waals surface area contributed by atoms with E-state index in [9.17, 15) is 19.5 Å². The van der Waals surface area contributed by atoms with Gasteiger partial charge in [-0.2, -0.15) is 4.98 Å². The molecule has 2 aromatic heterocycles. The van der Waals surface area contributed by atoms with Gasteiger partial charge in [0, 0.05) is 40.3 Å². The highest BCUT2D eigenvalue weighted by atomic mass is 16.5. The van der Waals surface area contributed by atoms with Crippen LogP contribution in [-0.2, 0) is 30.2 Å². The fourth-order valence-corrected chi connectivity index (χ4v) is 5.24. The van der Waals surface area contributed by atoms with Gasteiger partial charge in [-0.25, -0.2) is 9.59 Å². The van der Waals surface area contributed by atoms with Crippen LogP contribution in [0.1, 0.15) is 39.5 Å². The molecule has 12 heteroatoms. The second-order valence-corrected chi connectivity index (χ2v) is 10.0. The third-order valence-corrected chi connectivity index (χ3v) is 7.22. The molecule has 202 valence electrons. The number of allylic oxidation sites excluding steroid dienone is 2. The Kier molecular flexibility index (Phi) is 7.86. The molecule has 2 saturated heterocycles. The number of hydrogen-bond acceptors (Lipinski definition) is 8. The number of aliphatic imine (C=N–C) groups is 1. The highest BCUT2D eigenvalue weighted by Crippen LogP contribution is 2.26. The number of aliphatic hydroxyl groups is 1. The molecule has 2 aromatic rings. The third-order valence-electron chi connectivity index (χ3n) is 7.22. The molecule has 0 amide bonds. The molecule has 0 aromatic carbocycles. The molecule has 2 aliphatic heterocycles. The van der Waals surface area contributed by atoms with Crippen molar-refractivity contribution in [3.63, 3.8) is 0 Å². The number of carbonyl (C=O) groups is 1. The number of aryl methyl sites for hydroxylation is 1. The number of carbonyl (C=O) groups excluding carboxylic acids is 1. The molecule has 2 fully saturated rings. The van der Waals surface area contributed by atoms with Gasteiger partial charge in [0.05, 0.1) is 13.2 Å². The molecule has 2 unspecified atom stereocenters. The maximum atomic E-state index is 13.1. The number of likely N-dealkylation sites (tertiary alicyclic amines) is 1. The standard InChI is InChI=1S/C25H37N7O5/c1-16(2)10-13-32-20-21(28(3)25(36)29(4)22(20)34)27-24(32)30-11-6-8-17(14-30)26-19(15-33)31-12-7-9-18(31)23(35)37-5/h10,17-18,33H,6-9,11-15H2,1-5H3. The zero-order valence-corrected chi connectivity index (χ0v) is 22.3. The summed E-state index contributed by atoms with van der Waals surface area (Å²) in [6, 6.07) is -0.556. The molecule has 2 aliphatic rings. The van der Waals surface area contributed by atoms with Crippen LogP contribution in [0.25, 0.3) is 11.2 Å². The highest BCUT2D eigenvalue weighted by Gasteiger charge is 2.34. The summed E-state index contributed by atoms with van der Waals surface area (Å²) >= 11 is 0. The van der Waals surface area contributed by atoms with Crippen LogP contribution in [-0.4, -0.2) is 85.9 Å². The number of amidine groups is 1. The molecule has 0 radical (unpaired) electrons. The zero-order chi connectivity index (χ0) is 26.9. The number of methoxy groups -OCH3 is 1. The number of esters is 1. The Morgan fingerprint density at radius 3 is 2.57 bits per heavy atom. The van der Waals surface area contributed by atoms with Gasteiger partial charge >= 0.3 is 11.7 Å². The van der Waals surface area contributed by atoms with Crippen molar-refractivity contribution in [3.05, 3.63) is 32.5 Å². The number of anilines is 1. The molecule has 1 N–H and O–H groups in total. The first-order chi connectivity index (χ1) is 17.7. The molecule has 12 nitrogen and oxygen atoms in total. The van der Waals surface area contributed by atoms with Crippen molar-refractivity contribution in [3.8, 4) is 0 Å². The molecule has 4 rings (SSSR count). The summed E-state index contributed by atoms with van der Waals surface area (Å²) in [7, 11) is 4.47. The van der Waals surface area contributed by atoms with Gasteiger partial charge in [0.25, 0.3) is 5.56 Å². The number of nitrogens with zero attached hydrogens (tertiary/aromatic N) is 7. The lowest BCUT2D eigenvalue weighted by Crippen LogP contribution is -2.45. The van der Waals surface area contributed by atoms with Crippen LogP contribution < -0.4 is 16.1 Å². The van der Waals surface area contributed by atoms with Crippen LogP contribution in [0.5, 0.6) is 0 Å². The number of aliphatic hydroxyl groups excluding tert-OH is 1. The van der Waals surface area contributed by atoms with Crippen molar-refractivity contribution in [1.29, 1.82) is 0 Å². The summed E-state index contributed by atoms with van der Waals surface area (Å²) in [5, 5.41) is 10.1. The van der Waals surface area contributed by atoms with E-state index >= 15 is 0 Å². The van der Waals surface area contributed by atoms with E-state index in [0.717, 1.165) is 35.9 Å². The summed E-state index contributed by atoms with van der Waals surface area (Å²) < 4.78 is 9.34. The van der Waals surface area contributed by atoms with Crippen LogP contribution >= 0.6 is 0 Å². The van der Waals surface area contributed by atoms with E-state index in [1.807, 2.05) is 29.4 Å². The normalized spacial score (nSPS) is 20.5. The minimum atomic E-state index is -0.429. The fourth-order valence-electron chi connectivity index (χ4n) is 5.24. The molecular formula is C25H37N7O5. The van der Waals surface area contributed by atoms with Crippen molar-refractivity contribution in [2.45, 2.75) is 58.2 Å². The lowest BCUT2D eigenvalue weighted by atomic mass is 10.1. The predicted molar refractivity (Wildman–Crippen MR) is 141 cm³/mol. The van der Waals surface area contributed by atoms with Crippen LogP contribution in [0, 0.1) is 0 Å². The van der Waals surface area contributed by atoms with Gasteiger partial charge in [-0.15, -0.1) is 0 Å². The second-order valence-electron chi connectivity index (χ2n) is 10.0. The Bertz CT molecular complexity index is 1350. The van der Waals surface area contributed by atoms with Crippen molar-refractivity contribution in [2.75, 3.05) is 38.3 Å². The van der Waals surface area contributed by atoms with Gasteiger partial charge in [0.15, 0.2) is 11.2 Å². The van der Waals surface area contributed by atoms with E-state index in [1.54, 1.807) is 7.05 Å². The number of aromatic nitrogens is 4. The quantitative estimate of drug-likeness (QED) is 0.254. The second kappa shape index (κ2) is 10.9. The third kappa shape index (κ3) is 5.07. The first-order valence-electron chi connectivity index (χ1n) is 12.7. The number of hydrogen-bond donors (Lipinski definition) is 1. The highest BCUT2D eigenvalue weighted by molar-refractivity contribution is 5.89. The smallest absolute Gasteiger partial charge is 0.332 e. The molecule has 0 spiro atoms. The van der Waals surface area contributed by atoms with Gasteiger partial charge in [-0.3, -0.25) is 18.9 Å². The van der Waals surface area contributed by atoms with Crippen LogP contribution in [0.15, 0.2) is 26.2 Å². The number of rotatable bonds is 6. The van der Waals surface area contributed by atoms with Crippen molar-refractivity contribution < 1.29 is 14.6 Å². The summed E-state index contributed by atoms with van der Waals surface area (Å²) in [6.45, 7) is 6.08. The molecule has 0 aliphatic carbocycles. The van der Waals surface area contributed by atoms with Crippen molar-refractivity contribution in [1.82, 2.24) is 23.6 Å². The SMILES string of the molecule is COC(=O)C1CCCN1C(CO)=NC1CCCN(c2nc3c(c(=O)n(C)c(=O)n3C)n2CC=C(C)C)C1. The van der Waals surface area contributed by atoms with E-state index in [2.05, 4.69) is 4.90 Å². The summed E-state index contributed by atoms with van der Waals surface area (Å²) in [6.07, 6.45) is 5.20. The van der Waals surface area contributed by atoms with Gasteiger partial charge in [0.2, 0.25) is 5.95 Å². The molecule has 4 heterocycles. The monoisotopic (exact) mass is 515 g/mol. The van der Waals surface area contributed by atoms with Gasteiger partial charge in [-0.05, 0) is 39.5 Å². The number of ether oxygens (including phenoxy) is 1. The predicted octanol–water partition coefficient (Wildman–Crippen LogP) is 0.397. The van der Waals surface area contributed by atoms with Crippen molar-refractivity contribution >= 4 is 28.9 Å². The fraction of sp³-hybridized carbons (Fsp3) is 0.640. The molecule has 37 heavy (non-hydrogen) atoms. The largest absolute Gasteiger partial charge is 0.467 e. The molecule has 0 bridgehead atoms. The lowest BCUT2D eigenvalue weighted by molar-refractivity contribution is -0.144. The van der Waals surface area contributed by atoms with E-state index < -0.39 is 11.7 Å². The van der Waals surface area contributed by atoms with Crippen LogP contribution in [0.4, 0.5) is 5.95 Å². The zero-order valence-electron chi connectivity index (χ0n) is 22.3. The number of imidazole rings is 1. The summed E-state index contributed by atoms with van der Waals surface area (Å²) in [5.41, 5.74) is 1.04. The number of piperidine rings is 1. The summed E-state index contributed by atoms with van der Waals surface area (Å²) in [5.74, 6) is 0.794. The maximum absolute atomic E-state index is 13.1. The van der Waals surface area contributed by atoms with E-state index in [1.165, 1.54) is 18.7 Å². The molecule has 0 saturated carbocycles. The average molecular weight is 516 g/mol. The van der Waals surface area contributed by atoms with Gasteiger partial charge < -0.3 is 24.2 Å². The maximum Gasteiger partial charge on any atom is 0.332 e. The minimum Gasteiger partial charge on any atom is -0.467 e. The first kappa shape index (κ1) is 26.6. The lowest BCUT2D eigenvalue weighted by Gasteiger charge is -2.33. The van der Waals surface area contributed by atoms with E-state index in [-0.39, 0.29) is 24.2 Å². The Morgan fingerprint density at radius 1 is 1.16 bits per heavy atom. The average Bonchev–Trinajstić information content (AvgIpc) is 3.53. The van der Waals surface area contributed by atoms with Crippen LogP contribution in [0.3, 0.4) is 0 Å². The van der Waals surface area contributed by atoms with Crippen LogP contribution in [0.2, 0.25) is 0 Å². The molecule has 2 atom stereocenters. The minimum absolute atomic E-state index is 0.127. The first-order valence-corrected chi connectivity index (χ1v) is 12.7.